The van der Waals surface area contributed by atoms with Gasteiger partial charge in [0, 0.05) is 6.54 Å². The van der Waals surface area contributed by atoms with Gasteiger partial charge in [-0.25, -0.2) is 0 Å². The van der Waals surface area contributed by atoms with E-state index < -0.39 is 10.2 Å². The molecule has 0 amide bonds. The summed E-state index contributed by atoms with van der Waals surface area (Å²) in [6, 6.07) is 6.47. The highest BCUT2D eigenvalue weighted by Crippen LogP contribution is 2.24. The topological polar surface area (TPSA) is 126 Å². The highest BCUT2D eigenvalue weighted by Gasteiger charge is 2.13. The number of hydrogen-bond acceptors (Lipinski definition) is 5. The van der Waals surface area contributed by atoms with Crippen LogP contribution >= 0.6 is 0 Å². The first-order chi connectivity index (χ1) is 9.84. The van der Waals surface area contributed by atoms with Crippen LogP contribution < -0.4 is 19.9 Å². The summed E-state index contributed by atoms with van der Waals surface area (Å²) >= 11 is 0. The van der Waals surface area contributed by atoms with E-state index in [4.69, 9.17) is 15.7 Å². The molecule has 1 rings (SSSR count). The van der Waals surface area contributed by atoms with Crippen molar-refractivity contribution in [2.75, 3.05) is 17.9 Å². The first kappa shape index (κ1) is 17.1. The number of hydrogen-bond donors (Lipinski definition) is 4. The van der Waals surface area contributed by atoms with E-state index in [1.807, 2.05) is 13.8 Å². The Morgan fingerprint density at radius 2 is 2.10 bits per heavy atom. The van der Waals surface area contributed by atoms with Crippen LogP contribution in [0.4, 0.5) is 5.69 Å². The van der Waals surface area contributed by atoms with Gasteiger partial charge in [-0.2, -0.15) is 13.1 Å². The molecule has 118 valence electrons. The van der Waals surface area contributed by atoms with Crippen LogP contribution in [0.15, 0.2) is 29.4 Å². The minimum atomic E-state index is -3.69. The van der Waals surface area contributed by atoms with Gasteiger partial charge < -0.3 is 15.7 Å². The molecule has 0 fully saturated rings. The Labute approximate surface area is 124 Å². The molecule has 0 saturated carbocycles. The molecule has 0 atom stereocenters. The number of rotatable bonds is 8. The van der Waals surface area contributed by atoms with Gasteiger partial charge in [0.25, 0.3) is 10.2 Å². The summed E-state index contributed by atoms with van der Waals surface area (Å²) in [6.45, 7) is 3.96. The molecule has 0 unspecified atom stereocenters. The van der Waals surface area contributed by atoms with Crippen molar-refractivity contribution in [3.8, 4) is 5.75 Å². The van der Waals surface area contributed by atoms with Crippen molar-refractivity contribution in [1.82, 2.24) is 4.72 Å². The maximum absolute atomic E-state index is 11.9. The van der Waals surface area contributed by atoms with Gasteiger partial charge >= 0.3 is 0 Å². The molecule has 5 N–H and O–H groups in total. The summed E-state index contributed by atoms with van der Waals surface area (Å²) < 4.78 is 33.9. The molecule has 0 aliphatic carbocycles. The molecule has 0 saturated heterocycles. The summed E-state index contributed by atoms with van der Waals surface area (Å²) in [5.41, 5.74) is 5.57. The van der Waals surface area contributed by atoms with Gasteiger partial charge in [-0.1, -0.05) is 31.1 Å². The first-order valence-electron chi connectivity index (χ1n) is 6.29. The van der Waals surface area contributed by atoms with E-state index in [2.05, 4.69) is 14.6 Å². The standard InChI is InChI=1S/C12H20N4O4S/c1-9(2)7-14-21(18,19)16-10-5-3-4-6-11(10)20-8-12(13)15-17/h3-6,9,14,16-17H,7-8H2,1-2H3,(H2,13,15). The zero-order valence-electron chi connectivity index (χ0n) is 11.9. The van der Waals surface area contributed by atoms with Gasteiger partial charge in [0.1, 0.15) is 12.4 Å². The van der Waals surface area contributed by atoms with E-state index in [0.29, 0.717) is 6.54 Å². The third-order valence-electron chi connectivity index (χ3n) is 2.32. The second-order valence-electron chi connectivity index (χ2n) is 4.72. The van der Waals surface area contributed by atoms with E-state index >= 15 is 0 Å². The number of oxime groups is 1. The Morgan fingerprint density at radius 3 is 2.71 bits per heavy atom. The summed E-state index contributed by atoms with van der Waals surface area (Å²) in [5, 5.41) is 11.2. The van der Waals surface area contributed by atoms with Crippen molar-refractivity contribution in [2.45, 2.75) is 13.8 Å². The average Bonchev–Trinajstić information content (AvgIpc) is 2.43. The molecule has 0 spiro atoms. The maximum atomic E-state index is 11.9. The van der Waals surface area contributed by atoms with Crippen LogP contribution in [0.1, 0.15) is 13.8 Å². The molecule has 9 heteroatoms. The molecule has 0 heterocycles. The fourth-order valence-corrected chi connectivity index (χ4v) is 2.40. The second-order valence-corrected chi connectivity index (χ2v) is 6.22. The van der Waals surface area contributed by atoms with Gasteiger partial charge in [0.05, 0.1) is 5.69 Å². The number of nitrogens with two attached hydrogens (primary N) is 1. The van der Waals surface area contributed by atoms with Gasteiger partial charge in [0.15, 0.2) is 5.84 Å². The zero-order valence-corrected chi connectivity index (χ0v) is 12.7. The van der Waals surface area contributed by atoms with Gasteiger partial charge in [-0.05, 0) is 18.1 Å². The molecule has 0 aromatic heterocycles. The molecule has 21 heavy (non-hydrogen) atoms. The Bertz CT molecular complexity index is 587. The van der Waals surface area contributed by atoms with Crippen LogP contribution in [0.2, 0.25) is 0 Å². The quantitative estimate of drug-likeness (QED) is 0.243. The Morgan fingerprint density at radius 1 is 1.43 bits per heavy atom. The lowest BCUT2D eigenvalue weighted by atomic mass is 10.2. The number of nitrogens with zero attached hydrogens (tertiary/aromatic N) is 1. The Kier molecular flexibility index (Phi) is 6.25. The third kappa shape index (κ3) is 6.32. The molecular formula is C12H20N4O4S. The SMILES string of the molecule is CC(C)CNS(=O)(=O)Nc1ccccc1OC/C(N)=N/O. The maximum Gasteiger partial charge on any atom is 0.299 e. The minimum absolute atomic E-state index is 0.120. The van der Waals surface area contributed by atoms with Crippen molar-refractivity contribution in [2.24, 2.45) is 16.8 Å². The van der Waals surface area contributed by atoms with Crippen LogP contribution in [0.5, 0.6) is 5.75 Å². The summed E-state index contributed by atoms with van der Waals surface area (Å²) in [6.07, 6.45) is 0. The summed E-state index contributed by atoms with van der Waals surface area (Å²) in [4.78, 5) is 0. The summed E-state index contributed by atoms with van der Waals surface area (Å²) in [5.74, 6) is 0.346. The van der Waals surface area contributed by atoms with Crippen molar-refractivity contribution in [3.05, 3.63) is 24.3 Å². The van der Waals surface area contributed by atoms with Crippen LogP contribution in [0, 0.1) is 5.92 Å². The van der Waals surface area contributed by atoms with Crippen LogP contribution in [-0.2, 0) is 10.2 Å². The first-order valence-corrected chi connectivity index (χ1v) is 7.78. The number of anilines is 1. The number of para-hydroxylation sites is 2. The second kappa shape index (κ2) is 7.70. The van der Waals surface area contributed by atoms with E-state index in [-0.39, 0.29) is 29.8 Å². The summed E-state index contributed by atoms with van der Waals surface area (Å²) in [7, 11) is -3.69. The molecule has 0 radical (unpaired) electrons. The van der Waals surface area contributed by atoms with E-state index in [0.717, 1.165) is 0 Å². The molecule has 0 bridgehead atoms. The minimum Gasteiger partial charge on any atom is -0.483 e. The van der Waals surface area contributed by atoms with Crippen LogP contribution in [0.3, 0.4) is 0 Å². The number of benzene rings is 1. The highest BCUT2D eigenvalue weighted by atomic mass is 32.2. The van der Waals surface area contributed by atoms with Gasteiger partial charge in [-0.15, -0.1) is 0 Å². The fourth-order valence-electron chi connectivity index (χ4n) is 1.31. The molecule has 0 aliphatic heterocycles. The molecule has 0 aliphatic rings. The molecule has 1 aromatic rings. The van der Waals surface area contributed by atoms with E-state index in [1.54, 1.807) is 24.3 Å². The number of ether oxygens (including phenoxy) is 1. The zero-order chi connectivity index (χ0) is 15.9. The molecular weight excluding hydrogens is 296 g/mol. The lowest BCUT2D eigenvalue weighted by Crippen LogP contribution is -2.33. The fraction of sp³-hybridized carbons (Fsp3) is 0.417. The Balaban J connectivity index is 2.79. The number of nitrogens with one attached hydrogen (secondary N) is 2. The monoisotopic (exact) mass is 316 g/mol. The predicted octanol–water partition coefficient (Wildman–Crippen LogP) is 0.714. The van der Waals surface area contributed by atoms with Gasteiger partial charge in [-0.3, -0.25) is 4.72 Å². The predicted molar refractivity (Wildman–Crippen MR) is 80.7 cm³/mol. The average molecular weight is 316 g/mol. The lowest BCUT2D eigenvalue weighted by Gasteiger charge is -2.14. The molecule has 1 aromatic carbocycles. The van der Waals surface area contributed by atoms with Crippen LogP contribution in [0.25, 0.3) is 0 Å². The van der Waals surface area contributed by atoms with E-state index in [9.17, 15) is 8.42 Å². The normalized spacial score (nSPS) is 12.4. The largest absolute Gasteiger partial charge is 0.483 e. The van der Waals surface area contributed by atoms with Gasteiger partial charge in [0.2, 0.25) is 0 Å². The van der Waals surface area contributed by atoms with Crippen LogP contribution in [-0.4, -0.2) is 32.6 Å². The van der Waals surface area contributed by atoms with Crippen molar-refractivity contribution in [1.29, 1.82) is 0 Å². The highest BCUT2D eigenvalue weighted by molar-refractivity contribution is 7.90. The van der Waals surface area contributed by atoms with Crippen molar-refractivity contribution >= 4 is 21.7 Å². The third-order valence-corrected chi connectivity index (χ3v) is 3.35. The Hall–Kier alpha value is -2.00. The van der Waals surface area contributed by atoms with Crippen molar-refractivity contribution < 1.29 is 18.4 Å². The lowest BCUT2D eigenvalue weighted by molar-refractivity contribution is 0.306. The molecule has 8 nitrogen and oxygen atoms in total. The smallest absolute Gasteiger partial charge is 0.299 e. The number of amidine groups is 1. The van der Waals surface area contributed by atoms with E-state index in [1.165, 1.54) is 0 Å². The van der Waals surface area contributed by atoms with Crippen molar-refractivity contribution in [3.63, 3.8) is 0 Å².